The number of halogens is 1. The summed E-state index contributed by atoms with van der Waals surface area (Å²) in [4.78, 5) is 34.8. The molecule has 0 atom stereocenters. The first-order valence-corrected chi connectivity index (χ1v) is 9.09. The van der Waals surface area contributed by atoms with Gasteiger partial charge in [0.25, 0.3) is 11.1 Å². The number of thioether (sulfide) groups is 1. The molecule has 9 heteroatoms. The second kappa shape index (κ2) is 8.37. The minimum atomic E-state index is -0.504. The van der Waals surface area contributed by atoms with E-state index >= 15 is 0 Å². The molecule has 0 radical (unpaired) electrons. The minimum Gasteiger partial charge on any atom is -0.493 e. The van der Waals surface area contributed by atoms with Gasteiger partial charge in [-0.05, 0) is 53.7 Å². The summed E-state index contributed by atoms with van der Waals surface area (Å²) in [5.41, 5.74) is 0.958. The zero-order valence-corrected chi connectivity index (χ0v) is 16.3. The predicted molar refractivity (Wildman–Crippen MR) is 105 cm³/mol. The first-order chi connectivity index (χ1) is 13.4. The molecule has 2 aromatic rings. The number of amides is 2. The highest BCUT2D eigenvalue weighted by molar-refractivity contribution is 8.18. The van der Waals surface area contributed by atoms with E-state index in [1.807, 2.05) is 0 Å². The number of methoxy groups -OCH3 is 2. The third-order valence-corrected chi connectivity index (χ3v) is 4.81. The number of nitrogens with one attached hydrogen (secondary N) is 1. The van der Waals surface area contributed by atoms with Crippen LogP contribution in [-0.4, -0.2) is 31.3 Å². The quantitative estimate of drug-likeness (QED) is 0.572. The largest absolute Gasteiger partial charge is 0.493 e. The molecule has 144 valence electrons. The van der Waals surface area contributed by atoms with E-state index in [0.717, 1.165) is 11.8 Å². The molecule has 1 N–H and O–H groups in total. The zero-order valence-electron chi connectivity index (χ0n) is 14.8. The van der Waals surface area contributed by atoms with Crippen molar-refractivity contribution in [2.24, 2.45) is 0 Å². The second-order valence-corrected chi connectivity index (χ2v) is 6.92. The smallest absolute Gasteiger partial charge is 0.337 e. The van der Waals surface area contributed by atoms with Crippen LogP contribution >= 0.6 is 23.4 Å². The fourth-order valence-electron chi connectivity index (χ4n) is 2.38. The Morgan fingerprint density at radius 2 is 1.82 bits per heavy atom. The number of esters is 1. The van der Waals surface area contributed by atoms with Crippen LogP contribution in [-0.2, 0) is 9.53 Å². The van der Waals surface area contributed by atoms with E-state index in [9.17, 15) is 14.4 Å². The van der Waals surface area contributed by atoms with Crippen molar-refractivity contribution in [1.29, 1.82) is 0 Å². The lowest BCUT2D eigenvalue weighted by atomic mass is 10.1. The van der Waals surface area contributed by atoms with Crippen molar-refractivity contribution in [3.05, 3.63) is 57.5 Å². The predicted octanol–water partition coefficient (Wildman–Crippen LogP) is 4.25. The van der Waals surface area contributed by atoms with Crippen molar-refractivity contribution in [2.75, 3.05) is 14.2 Å². The lowest BCUT2D eigenvalue weighted by Gasteiger charge is -2.12. The van der Waals surface area contributed by atoms with E-state index < -0.39 is 17.1 Å². The lowest BCUT2D eigenvalue weighted by Crippen LogP contribution is -2.17. The van der Waals surface area contributed by atoms with E-state index in [1.165, 1.54) is 26.4 Å². The highest BCUT2D eigenvalue weighted by Crippen LogP contribution is 2.37. The van der Waals surface area contributed by atoms with Crippen LogP contribution in [0, 0.1) is 0 Å². The lowest BCUT2D eigenvalue weighted by molar-refractivity contribution is -0.115. The van der Waals surface area contributed by atoms with Crippen molar-refractivity contribution in [2.45, 2.75) is 0 Å². The second-order valence-electron chi connectivity index (χ2n) is 5.50. The van der Waals surface area contributed by atoms with Crippen LogP contribution in [0.1, 0.15) is 15.9 Å². The molecular weight excluding hydrogens is 406 g/mol. The monoisotopic (exact) mass is 419 g/mol. The topological polar surface area (TPSA) is 90.9 Å². The van der Waals surface area contributed by atoms with Gasteiger partial charge in [0, 0.05) is 0 Å². The van der Waals surface area contributed by atoms with Gasteiger partial charge < -0.3 is 14.2 Å². The molecule has 0 aromatic heterocycles. The first kappa shape index (κ1) is 19.8. The standard InChI is InChI=1S/C19H14ClNO6S/c1-25-15-7-10(8-16-17(22)21-19(24)28-16)3-5-14(15)27-13-6-4-11(9-12(13)20)18(23)26-2/h3-9H,1-2H3,(H,21,22,24). The molecule has 1 saturated heterocycles. The third kappa shape index (κ3) is 4.29. The maximum Gasteiger partial charge on any atom is 0.337 e. The molecule has 0 spiro atoms. The number of imide groups is 1. The Morgan fingerprint density at radius 1 is 1.07 bits per heavy atom. The average molecular weight is 420 g/mol. The molecule has 1 heterocycles. The van der Waals surface area contributed by atoms with Crippen LogP contribution in [0.25, 0.3) is 6.08 Å². The number of ether oxygens (including phenoxy) is 3. The molecule has 3 rings (SSSR count). The summed E-state index contributed by atoms with van der Waals surface area (Å²) in [7, 11) is 2.76. The highest BCUT2D eigenvalue weighted by atomic mass is 35.5. The summed E-state index contributed by atoms with van der Waals surface area (Å²) >= 11 is 7.02. The fraction of sp³-hybridized carbons (Fsp3) is 0.105. The molecule has 2 aromatic carbocycles. The summed E-state index contributed by atoms with van der Waals surface area (Å²) in [6, 6.07) is 9.55. The van der Waals surface area contributed by atoms with E-state index in [2.05, 4.69) is 10.1 Å². The Labute approximate surface area is 169 Å². The maximum absolute atomic E-state index is 11.7. The van der Waals surface area contributed by atoms with Gasteiger partial charge in [0.05, 0.1) is 29.7 Å². The van der Waals surface area contributed by atoms with Gasteiger partial charge in [-0.15, -0.1) is 0 Å². The van der Waals surface area contributed by atoms with Gasteiger partial charge in [-0.3, -0.25) is 14.9 Å². The molecule has 28 heavy (non-hydrogen) atoms. The van der Waals surface area contributed by atoms with E-state index in [-0.39, 0.29) is 5.02 Å². The SMILES string of the molecule is COC(=O)c1ccc(Oc2ccc(C=C3SC(=O)NC3=O)cc2OC)c(Cl)c1. The molecule has 1 fully saturated rings. The van der Waals surface area contributed by atoms with Crippen LogP contribution in [0.5, 0.6) is 17.2 Å². The Kier molecular flexibility index (Phi) is 5.91. The van der Waals surface area contributed by atoms with Crippen LogP contribution in [0.4, 0.5) is 4.79 Å². The Morgan fingerprint density at radius 3 is 2.43 bits per heavy atom. The summed E-state index contributed by atoms with van der Waals surface area (Å²) in [5.74, 6) is 0.173. The molecule has 0 saturated carbocycles. The van der Waals surface area contributed by atoms with Gasteiger partial charge in [0.1, 0.15) is 5.75 Å². The summed E-state index contributed by atoms with van der Waals surface area (Å²) in [5, 5.41) is 2.02. The summed E-state index contributed by atoms with van der Waals surface area (Å²) in [6.45, 7) is 0. The Balaban J connectivity index is 1.85. The fourth-order valence-corrected chi connectivity index (χ4v) is 3.28. The van der Waals surface area contributed by atoms with Gasteiger partial charge >= 0.3 is 5.97 Å². The van der Waals surface area contributed by atoms with E-state index in [0.29, 0.717) is 33.3 Å². The molecule has 7 nitrogen and oxygen atoms in total. The number of carbonyl (C=O) groups is 3. The van der Waals surface area contributed by atoms with Gasteiger partial charge in [-0.2, -0.15) is 0 Å². The summed E-state index contributed by atoms with van der Waals surface area (Å²) in [6.07, 6.45) is 1.58. The number of carbonyl (C=O) groups excluding carboxylic acids is 3. The van der Waals surface area contributed by atoms with E-state index in [4.69, 9.17) is 21.1 Å². The van der Waals surface area contributed by atoms with Crippen LogP contribution < -0.4 is 14.8 Å². The average Bonchev–Trinajstić information content (AvgIpc) is 3.00. The molecule has 1 aliphatic rings. The number of hydrogen-bond donors (Lipinski definition) is 1. The van der Waals surface area contributed by atoms with Crippen molar-refractivity contribution in [3.63, 3.8) is 0 Å². The molecule has 2 amide bonds. The maximum atomic E-state index is 11.7. The van der Waals surface area contributed by atoms with Gasteiger partial charge in [0.2, 0.25) is 0 Å². The number of benzene rings is 2. The molecule has 0 unspecified atom stereocenters. The normalized spacial score (nSPS) is 14.8. The zero-order chi connectivity index (χ0) is 20.3. The van der Waals surface area contributed by atoms with Crippen molar-refractivity contribution in [3.8, 4) is 17.2 Å². The van der Waals surface area contributed by atoms with Crippen molar-refractivity contribution < 1.29 is 28.6 Å². The molecular formula is C19H14ClNO6S. The van der Waals surface area contributed by atoms with Crippen LogP contribution in [0.15, 0.2) is 41.3 Å². The minimum absolute atomic E-state index is 0.230. The van der Waals surface area contributed by atoms with Crippen molar-refractivity contribution >= 4 is 46.6 Å². The molecule has 0 aliphatic carbocycles. The van der Waals surface area contributed by atoms with E-state index in [1.54, 1.807) is 30.3 Å². The van der Waals surface area contributed by atoms with Crippen LogP contribution in [0.2, 0.25) is 5.02 Å². The highest BCUT2D eigenvalue weighted by Gasteiger charge is 2.25. The Bertz CT molecular complexity index is 1000. The van der Waals surface area contributed by atoms with Gasteiger partial charge in [0.15, 0.2) is 11.5 Å². The van der Waals surface area contributed by atoms with Gasteiger partial charge in [-0.1, -0.05) is 17.7 Å². The van der Waals surface area contributed by atoms with Gasteiger partial charge in [-0.25, -0.2) is 4.79 Å². The molecule has 0 bridgehead atoms. The van der Waals surface area contributed by atoms with Crippen LogP contribution in [0.3, 0.4) is 0 Å². The molecule has 1 aliphatic heterocycles. The third-order valence-electron chi connectivity index (χ3n) is 3.70. The number of rotatable bonds is 5. The van der Waals surface area contributed by atoms with Crippen molar-refractivity contribution in [1.82, 2.24) is 5.32 Å². The number of hydrogen-bond acceptors (Lipinski definition) is 7. The Hall–Kier alpha value is -2.97. The summed E-state index contributed by atoms with van der Waals surface area (Å²) < 4.78 is 15.8. The first-order valence-electron chi connectivity index (χ1n) is 7.90.